The second kappa shape index (κ2) is 8.38. The second-order valence-electron chi connectivity index (χ2n) is 7.98. The van der Waals surface area contributed by atoms with Gasteiger partial charge in [-0.05, 0) is 55.2 Å². The first-order valence-electron chi connectivity index (χ1n) is 9.66. The van der Waals surface area contributed by atoms with Gasteiger partial charge in [-0.2, -0.15) is 0 Å². The zero-order chi connectivity index (χ0) is 18.3. The van der Waals surface area contributed by atoms with Crippen molar-refractivity contribution in [3.05, 3.63) is 28.8 Å². The molecule has 3 aliphatic rings. The van der Waals surface area contributed by atoms with Gasteiger partial charge in [0, 0.05) is 36.3 Å². The summed E-state index contributed by atoms with van der Waals surface area (Å²) in [6.45, 7) is 1.47. The highest BCUT2D eigenvalue weighted by molar-refractivity contribution is 6.31. The summed E-state index contributed by atoms with van der Waals surface area (Å²) < 4.78 is 0. The highest BCUT2D eigenvalue weighted by Crippen LogP contribution is 2.42. The molecule has 2 amide bonds. The molecule has 2 heterocycles. The second-order valence-corrected chi connectivity index (χ2v) is 8.41. The molecule has 7 heteroatoms. The van der Waals surface area contributed by atoms with Gasteiger partial charge >= 0.3 is 0 Å². The lowest BCUT2D eigenvalue weighted by Crippen LogP contribution is -2.42. The number of likely N-dealkylation sites (tertiary alicyclic amines) is 1. The summed E-state index contributed by atoms with van der Waals surface area (Å²) in [5.74, 6) is 0.785. The van der Waals surface area contributed by atoms with E-state index in [0.717, 1.165) is 56.4 Å². The van der Waals surface area contributed by atoms with Gasteiger partial charge in [0.05, 0.1) is 5.92 Å². The zero-order valence-electron chi connectivity index (χ0n) is 15.3. The van der Waals surface area contributed by atoms with Crippen molar-refractivity contribution >= 4 is 41.5 Å². The van der Waals surface area contributed by atoms with Crippen LogP contribution in [0.3, 0.4) is 0 Å². The fourth-order valence-electron chi connectivity index (χ4n) is 4.88. The molecule has 1 aliphatic carbocycles. The van der Waals surface area contributed by atoms with Crippen molar-refractivity contribution in [2.24, 2.45) is 17.6 Å². The van der Waals surface area contributed by atoms with Crippen molar-refractivity contribution in [2.45, 2.75) is 50.5 Å². The van der Waals surface area contributed by atoms with Crippen LogP contribution in [-0.2, 0) is 9.59 Å². The van der Waals surface area contributed by atoms with Crippen LogP contribution in [-0.4, -0.2) is 35.8 Å². The number of nitrogens with two attached hydrogens (primary N) is 1. The van der Waals surface area contributed by atoms with Crippen molar-refractivity contribution in [2.75, 3.05) is 18.4 Å². The van der Waals surface area contributed by atoms with E-state index < -0.39 is 0 Å². The van der Waals surface area contributed by atoms with Crippen LogP contribution in [0, 0.1) is 11.8 Å². The molecule has 2 aliphatic heterocycles. The van der Waals surface area contributed by atoms with Gasteiger partial charge in [0.1, 0.15) is 0 Å². The van der Waals surface area contributed by atoms with E-state index in [4.69, 9.17) is 17.3 Å². The summed E-state index contributed by atoms with van der Waals surface area (Å²) in [5.41, 5.74) is 7.99. The molecule has 1 saturated heterocycles. The van der Waals surface area contributed by atoms with Crippen LogP contribution in [0.5, 0.6) is 0 Å². The predicted molar refractivity (Wildman–Crippen MR) is 109 cm³/mol. The quantitative estimate of drug-likeness (QED) is 0.797. The topological polar surface area (TPSA) is 75.4 Å². The van der Waals surface area contributed by atoms with Crippen LogP contribution in [0.2, 0.25) is 5.02 Å². The lowest BCUT2D eigenvalue weighted by Gasteiger charge is -2.35. The van der Waals surface area contributed by atoms with E-state index in [-0.39, 0.29) is 42.1 Å². The number of nitrogens with one attached hydrogen (secondary N) is 1. The molecular weight excluding hydrogens is 385 g/mol. The predicted octanol–water partition coefficient (Wildman–Crippen LogP) is 3.55. The number of halogens is 2. The number of hydrogen-bond donors (Lipinski definition) is 2. The molecule has 4 rings (SSSR count). The van der Waals surface area contributed by atoms with Crippen molar-refractivity contribution in [3.63, 3.8) is 0 Å². The lowest BCUT2D eigenvalue weighted by atomic mass is 9.80. The van der Waals surface area contributed by atoms with Gasteiger partial charge in [0.25, 0.3) is 0 Å². The Morgan fingerprint density at radius 1 is 1.22 bits per heavy atom. The molecule has 3 atom stereocenters. The molecule has 1 aromatic rings. The van der Waals surface area contributed by atoms with E-state index in [1.165, 1.54) is 0 Å². The highest BCUT2D eigenvalue weighted by atomic mass is 35.5. The summed E-state index contributed by atoms with van der Waals surface area (Å²) in [5, 5.41) is 3.59. The van der Waals surface area contributed by atoms with Gasteiger partial charge in [-0.3, -0.25) is 9.59 Å². The first-order chi connectivity index (χ1) is 12.5. The minimum Gasteiger partial charge on any atom is -0.343 e. The van der Waals surface area contributed by atoms with Crippen molar-refractivity contribution < 1.29 is 9.59 Å². The number of carbonyl (C=O) groups excluding carboxylic acids is 2. The summed E-state index contributed by atoms with van der Waals surface area (Å²) in [6, 6.07) is 5.80. The van der Waals surface area contributed by atoms with Gasteiger partial charge in [-0.1, -0.05) is 24.1 Å². The van der Waals surface area contributed by atoms with Crippen molar-refractivity contribution in [3.8, 4) is 0 Å². The number of fused-ring (bicyclic) bond motifs is 1. The Bertz CT molecular complexity index is 719. The number of carbonyl (C=O) groups is 2. The van der Waals surface area contributed by atoms with Gasteiger partial charge in [-0.15, -0.1) is 12.4 Å². The van der Waals surface area contributed by atoms with E-state index >= 15 is 0 Å². The molecule has 3 N–H and O–H groups in total. The van der Waals surface area contributed by atoms with Crippen LogP contribution < -0.4 is 11.1 Å². The molecule has 0 aromatic heterocycles. The van der Waals surface area contributed by atoms with E-state index in [9.17, 15) is 9.59 Å². The minimum atomic E-state index is -0.122. The first kappa shape index (κ1) is 20.4. The van der Waals surface area contributed by atoms with E-state index in [0.29, 0.717) is 17.4 Å². The Labute approximate surface area is 171 Å². The molecule has 27 heavy (non-hydrogen) atoms. The lowest BCUT2D eigenvalue weighted by molar-refractivity contribution is -0.133. The largest absolute Gasteiger partial charge is 0.343 e. The van der Waals surface area contributed by atoms with Crippen LogP contribution in [0.15, 0.2) is 18.2 Å². The van der Waals surface area contributed by atoms with Crippen LogP contribution in [0.1, 0.15) is 50.0 Å². The fourth-order valence-corrected chi connectivity index (χ4v) is 5.05. The molecule has 1 aromatic carbocycles. The minimum absolute atomic E-state index is 0. The van der Waals surface area contributed by atoms with Gasteiger partial charge in [0.15, 0.2) is 0 Å². The van der Waals surface area contributed by atoms with Gasteiger partial charge in [0.2, 0.25) is 11.8 Å². The molecule has 2 fully saturated rings. The SMILES string of the molecule is Cl.N[C@@H]1CCC[C@H]1CC(=O)N1CCC(C2C(=O)Nc3cc(Cl)ccc32)CC1. The molecule has 0 bridgehead atoms. The Morgan fingerprint density at radius 3 is 2.63 bits per heavy atom. The average Bonchev–Trinajstić information content (AvgIpc) is 3.17. The number of hydrogen-bond acceptors (Lipinski definition) is 3. The van der Waals surface area contributed by atoms with E-state index in [2.05, 4.69) is 5.32 Å². The molecule has 5 nitrogen and oxygen atoms in total. The van der Waals surface area contributed by atoms with Crippen LogP contribution in [0.4, 0.5) is 5.69 Å². The average molecular weight is 412 g/mol. The summed E-state index contributed by atoms with van der Waals surface area (Å²) >= 11 is 6.03. The van der Waals surface area contributed by atoms with Gasteiger partial charge in [-0.25, -0.2) is 0 Å². The Balaban J connectivity index is 0.00000210. The maximum atomic E-state index is 12.6. The molecule has 0 spiro atoms. The summed E-state index contributed by atoms with van der Waals surface area (Å²) in [7, 11) is 0. The third kappa shape index (κ3) is 4.10. The maximum absolute atomic E-state index is 12.6. The van der Waals surface area contributed by atoms with E-state index in [1.807, 2.05) is 23.1 Å². The van der Waals surface area contributed by atoms with Crippen LogP contribution >= 0.6 is 24.0 Å². The normalized spacial score (nSPS) is 27.9. The fraction of sp³-hybridized carbons (Fsp3) is 0.600. The third-order valence-electron chi connectivity index (χ3n) is 6.41. The summed E-state index contributed by atoms with van der Waals surface area (Å²) in [6.07, 6.45) is 5.56. The van der Waals surface area contributed by atoms with Crippen LogP contribution in [0.25, 0.3) is 0 Å². The number of amides is 2. The number of rotatable bonds is 3. The summed E-state index contributed by atoms with van der Waals surface area (Å²) in [4.78, 5) is 27.0. The number of nitrogens with zero attached hydrogens (tertiary/aromatic N) is 1. The standard InChI is InChI=1S/C20H26ClN3O2.ClH/c21-14-4-5-15-17(11-14)23-20(26)19(15)12-6-8-24(9-7-12)18(25)10-13-2-1-3-16(13)22;/h4-5,11-13,16,19H,1-3,6-10,22H2,(H,23,26);1H/t13-,16+,19?;/m0./s1. The van der Waals surface area contributed by atoms with Crippen molar-refractivity contribution in [1.29, 1.82) is 0 Å². The molecule has 0 radical (unpaired) electrons. The van der Waals surface area contributed by atoms with Gasteiger partial charge < -0.3 is 16.0 Å². The first-order valence-corrected chi connectivity index (χ1v) is 10.0. The molecule has 1 saturated carbocycles. The smallest absolute Gasteiger partial charge is 0.232 e. The number of piperidine rings is 1. The zero-order valence-corrected chi connectivity index (χ0v) is 16.9. The van der Waals surface area contributed by atoms with E-state index in [1.54, 1.807) is 0 Å². The third-order valence-corrected chi connectivity index (χ3v) is 6.64. The Morgan fingerprint density at radius 2 is 1.96 bits per heavy atom. The number of benzene rings is 1. The Kier molecular flexibility index (Phi) is 6.34. The molecule has 148 valence electrons. The Hall–Kier alpha value is -1.30. The van der Waals surface area contributed by atoms with Crippen molar-refractivity contribution in [1.82, 2.24) is 4.90 Å². The highest BCUT2D eigenvalue weighted by Gasteiger charge is 2.39. The molecular formula is C20H27Cl2N3O2. The molecule has 1 unspecified atom stereocenters. The maximum Gasteiger partial charge on any atom is 0.232 e. The number of anilines is 1. The monoisotopic (exact) mass is 411 g/mol.